The highest BCUT2D eigenvalue weighted by Crippen LogP contribution is 2.44. The van der Waals surface area contributed by atoms with Crippen molar-refractivity contribution in [3.8, 4) is 5.75 Å². The highest BCUT2D eigenvalue weighted by Gasteiger charge is 2.47. The second-order valence-corrected chi connectivity index (χ2v) is 6.57. The Kier molecular flexibility index (Phi) is 5.58. The van der Waals surface area contributed by atoms with Crippen molar-refractivity contribution in [3.05, 3.63) is 64.2 Å². The molecule has 1 aliphatic rings. The van der Waals surface area contributed by atoms with E-state index in [0.717, 1.165) is 12.0 Å². The summed E-state index contributed by atoms with van der Waals surface area (Å²) in [7, 11) is 1.39. The van der Waals surface area contributed by atoms with Gasteiger partial charge in [-0.3, -0.25) is 19.7 Å². The summed E-state index contributed by atoms with van der Waals surface area (Å²) in [5.74, 6) is -0.806. The van der Waals surface area contributed by atoms with Crippen molar-refractivity contribution in [2.75, 3.05) is 19.0 Å². The number of methoxy groups -OCH3 is 1. The predicted molar refractivity (Wildman–Crippen MR) is 101 cm³/mol. The summed E-state index contributed by atoms with van der Waals surface area (Å²) in [5.41, 5.74) is -0.141. The molecule has 2 aromatic rings. The molecule has 0 aliphatic heterocycles. The lowest BCUT2D eigenvalue weighted by atomic mass is 9.64. The fourth-order valence-electron chi connectivity index (χ4n) is 3.25. The monoisotopic (exact) mass is 384 g/mol. The van der Waals surface area contributed by atoms with E-state index >= 15 is 0 Å². The van der Waals surface area contributed by atoms with E-state index in [4.69, 9.17) is 9.47 Å². The molecule has 146 valence electrons. The van der Waals surface area contributed by atoms with E-state index in [-0.39, 0.29) is 11.4 Å². The second kappa shape index (κ2) is 8.08. The Hall–Kier alpha value is -3.42. The molecule has 28 heavy (non-hydrogen) atoms. The molecule has 0 unspecified atom stereocenters. The number of benzene rings is 2. The minimum Gasteiger partial charge on any atom is -0.496 e. The van der Waals surface area contributed by atoms with Crippen molar-refractivity contribution in [1.82, 2.24) is 0 Å². The molecule has 8 nitrogen and oxygen atoms in total. The molecule has 1 saturated carbocycles. The van der Waals surface area contributed by atoms with Crippen molar-refractivity contribution in [3.63, 3.8) is 0 Å². The van der Waals surface area contributed by atoms with Gasteiger partial charge >= 0.3 is 5.97 Å². The maximum Gasteiger partial charge on any atom is 0.317 e. The van der Waals surface area contributed by atoms with Crippen molar-refractivity contribution in [1.29, 1.82) is 0 Å². The number of nitro groups is 1. The number of nitro benzene ring substituents is 1. The van der Waals surface area contributed by atoms with Crippen LogP contribution in [0.1, 0.15) is 24.8 Å². The van der Waals surface area contributed by atoms with Gasteiger partial charge in [-0.1, -0.05) is 36.8 Å². The van der Waals surface area contributed by atoms with Crippen LogP contribution in [0.3, 0.4) is 0 Å². The van der Waals surface area contributed by atoms with Gasteiger partial charge in [0.25, 0.3) is 11.6 Å². The smallest absolute Gasteiger partial charge is 0.317 e. The molecule has 0 radical (unpaired) electrons. The lowest BCUT2D eigenvalue weighted by Gasteiger charge is -2.39. The molecule has 1 amide bonds. The molecule has 0 atom stereocenters. The standard InChI is InChI=1S/C20H20N2O6/c1-27-15-8-9-16(17(12-15)22(25)26)21-18(23)13-28-19(24)20(10-5-11-20)14-6-3-2-4-7-14/h2-4,6-9,12H,5,10-11,13H2,1H3,(H,21,23). The van der Waals surface area contributed by atoms with Crippen LogP contribution in [0.15, 0.2) is 48.5 Å². The number of nitrogens with one attached hydrogen (secondary N) is 1. The fourth-order valence-corrected chi connectivity index (χ4v) is 3.25. The van der Waals surface area contributed by atoms with Crippen molar-refractivity contribution >= 4 is 23.3 Å². The Morgan fingerprint density at radius 3 is 2.46 bits per heavy atom. The van der Waals surface area contributed by atoms with Crippen molar-refractivity contribution in [2.45, 2.75) is 24.7 Å². The Balaban J connectivity index is 1.65. The maximum atomic E-state index is 12.6. The summed E-state index contributed by atoms with van der Waals surface area (Å²) in [5, 5.41) is 13.6. The zero-order chi connectivity index (χ0) is 20.1. The van der Waals surface area contributed by atoms with Crippen LogP contribution in [0.5, 0.6) is 5.75 Å². The number of nitrogens with zero attached hydrogens (tertiary/aromatic N) is 1. The summed E-state index contributed by atoms with van der Waals surface area (Å²) < 4.78 is 10.2. The summed E-state index contributed by atoms with van der Waals surface area (Å²) in [6, 6.07) is 13.4. The average Bonchev–Trinajstić information content (AvgIpc) is 2.66. The van der Waals surface area contributed by atoms with E-state index in [2.05, 4.69) is 5.32 Å². The quantitative estimate of drug-likeness (QED) is 0.446. The predicted octanol–water partition coefficient (Wildman–Crippen LogP) is 3.21. The number of carbonyl (C=O) groups is 2. The largest absolute Gasteiger partial charge is 0.496 e. The minimum absolute atomic E-state index is 0.00765. The molecule has 1 fully saturated rings. The SMILES string of the molecule is COc1ccc(NC(=O)COC(=O)C2(c3ccccc3)CCC2)c([N+](=O)[O-])c1. The molecule has 8 heteroatoms. The molecule has 0 aromatic heterocycles. The van der Waals surface area contributed by atoms with E-state index < -0.39 is 28.8 Å². The van der Waals surface area contributed by atoms with Crippen LogP contribution in [0.2, 0.25) is 0 Å². The van der Waals surface area contributed by atoms with Gasteiger partial charge in [0.05, 0.1) is 23.5 Å². The van der Waals surface area contributed by atoms with E-state index in [0.29, 0.717) is 18.6 Å². The molecule has 1 aliphatic carbocycles. The number of anilines is 1. The van der Waals surface area contributed by atoms with Crippen LogP contribution in [0, 0.1) is 10.1 Å². The molecule has 3 rings (SSSR count). The van der Waals surface area contributed by atoms with Gasteiger partial charge in [-0.2, -0.15) is 0 Å². The molecule has 0 saturated heterocycles. The van der Waals surface area contributed by atoms with Gasteiger partial charge in [0.15, 0.2) is 6.61 Å². The maximum absolute atomic E-state index is 12.6. The molecule has 1 N–H and O–H groups in total. The Morgan fingerprint density at radius 1 is 1.18 bits per heavy atom. The zero-order valence-electron chi connectivity index (χ0n) is 15.3. The molecule has 2 aromatic carbocycles. The summed E-state index contributed by atoms with van der Waals surface area (Å²) in [6.07, 6.45) is 2.25. The first-order chi connectivity index (χ1) is 13.5. The van der Waals surface area contributed by atoms with Gasteiger partial charge in [-0.25, -0.2) is 0 Å². The van der Waals surface area contributed by atoms with Crippen LogP contribution in [-0.2, 0) is 19.7 Å². The van der Waals surface area contributed by atoms with Crippen LogP contribution < -0.4 is 10.1 Å². The third-order valence-electron chi connectivity index (χ3n) is 4.93. The third-order valence-corrected chi connectivity index (χ3v) is 4.93. The zero-order valence-corrected chi connectivity index (χ0v) is 15.3. The van der Waals surface area contributed by atoms with Crippen LogP contribution in [0.25, 0.3) is 0 Å². The fraction of sp³-hybridized carbons (Fsp3) is 0.300. The van der Waals surface area contributed by atoms with Gasteiger partial charge in [0.1, 0.15) is 11.4 Å². The van der Waals surface area contributed by atoms with Crippen molar-refractivity contribution < 1.29 is 24.0 Å². The molecule has 0 bridgehead atoms. The average molecular weight is 384 g/mol. The summed E-state index contributed by atoms with van der Waals surface area (Å²) >= 11 is 0. The van der Waals surface area contributed by atoms with Crippen molar-refractivity contribution in [2.24, 2.45) is 0 Å². The minimum atomic E-state index is -0.715. The topological polar surface area (TPSA) is 108 Å². The summed E-state index contributed by atoms with van der Waals surface area (Å²) in [6.45, 7) is -0.517. The second-order valence-electron chi connectivity index (χ2n) is 6.57. The molecular weight excluding hydrogens is 364 g/mol. The highest BCUT2D eigenvalue weighted by molar-refractivity contribution is 5.95. The number of amides is 1. The first-order valence-electron chi connectivity index (χ1n) is 8.81. The van der Waals surface area contributed by atoms with E-state index in [9.17, 15) is 19.7 Å². The first kappa shape index (κ1) is 19.3. The Bertz CT molecular complexity index is 893. The normalized spacial score (nSPS) is 14.5. The van der Waals surface area contributed by atoms with Crippen LogP contribution in [0.4, 0.5) is 11.4 Å². The van der Waals surface area contributed by atoms with E-state index in [1.54, 1.807) is 0 Å². The number of hydrogen-bond donors (Lipinski definition) is 1. The Labute approximate surface area is 161 Å². The van der Waals surface area contributed by atoms with E-state index in [1.165, 1.54) is 25.3 Å². The number of carbonyl (C=O) groups excluding carboxylic acids is 2. The number of esters is 1. The lowest BCUT2D eigenvalue weighted by Crippen LogP contribution is -2.44. The molecule has 0 heterocycles. The Morgan fingerprint density at radius 2 is 1.89 bits per heavy atom. The van der Waals surface area contributed by atoms with E-state index in [1.807, 2.05) is 30.3 Å². The highest BCUT2D eigenvalue weighted by atomic mass is 16.6. The van der Waals surface area contributed by atoms with Gasteiger partial charge in [-0.05, 0) is 30.5 Å². The lowest BCUT2D eigenvalue weighted by molar-refractivity contribution is -0.384. The van der Waals surface area contributed by atoms with Gasteiger partial charge in [0.2, 0.25) is 0 Å². The number of ether oxygens (including phenoxy) is 2. The van der Waals surface area contributed by atoms with Crippen LogP contribution in [-0.4, -0.2) is 30.5 Å². The van der Waals surface area contributed by atoms with Gasteiger partial charge in [0, 0.05) is 0 Å². The molecule has 0 spiro atoms. The van der Waals surface area contributed by atoms with Gasteiger partial charge < -0.3 is 14.8 Å². The first-order valence-corrected chi connectivity index (χ1v) is 8.81. The third kappa shape index (κ3) is 3.80. The number of rotatable bonds is 7. The molecular formula is C20H20N2O6. The summed E-state index contributed by atoms with van der Waals surface area (Å²) in [4.78, 5) is 35.4. The van der Waals surface area contributed by atoms with Gasteiger partial charge in [-0.15, -0.1) is 0 Å². The number of hydrogen-bond acceptors (Lipinski definition) is 6. The van der Waals surface area contributed by atoms with Crippen LogP contribution >= 0.6 is 0 Å².